The number of carboxylic acid groups (broad SMARTS) is 1. The van der Waals surface area contributed by atoms with Crippen LogP contribution in [0.5, 0.6) is 0 Å². The maximum Gasteiger partial charge on any atom is 0.335 e. The van der Waals surface area contributed by atoms with Gasteiger partial charge in [-0.1, -0.05) is 18.2 Å². The molecule has 0 unspecified atom stereocenters. The number of carbonyl (C=O) groups is 1. The highest BCUT2D eigenvalue weighted by molar-refractivity contribution is 7.89. The van der Waals surface area contributed by atoms with E-state index in [9.17, 15) is 13.2 Å². The molecule has 0 radical (unpaired) electrons. The molecule has 2 aromatic rings. The molecular weight excluding hydrogens is 316 g/mol. The van der Waals surface area contributed by atoms with Crippen LogP contribution in [0.25, 0.3) is 0 Å². The summed E-state index contributed by atoms with van der Waals surface area (Å²) < 4.78 is 26.5. The van der Waals surface area contributed by atoms with E-state index in [4.69, 9.17) is 5.11 Å². The highest BCUT2D eigenvalue weighted by atomic mass is 32.2. The molecule has 0 aliphatic carbocycles. The molecule has 0 amide bonds. The number of carboxylic acids is 1. The van der Waals surface area contributed by atoms with Gasteiger partial charge < -0.3 is 5.11 Å². The molecule has 23 heavy (non-hydrogen) atoms. The second-order valence-corrected chi connectivity index (χ2v) is 7.09. The minimum absolute atomic E-state index is 0.0454. The maximum absolute atomic E-state index is 12.0. The summed E-state index contributed by atoms with van der Waals surface area (Å²) >= 11 is 0. The lowest BCUT2D eigenvalue weighted by molar-refractivity contribution is 0.0696. The van der Waals surface area contributed by atoms with Crippen molar-refractivity contribution in [2.24, 2.45) is 0 Å². The molecule has 122 valence electrons. The van der Waals surface area contributed by atoms with Crippen molar-refractivity contribution in [3.63, 3.8) is 0 Å². The summed E-state index contributed by atoms with van der Waals surface area (Å²) in [5, 5.41) is 8.98. The van der Waals surface area contributed by atoms with Gasteiger partial charge in [0.05, 0.1) is 11.3 Å². The molecule has 6 nitrogen and oxygen atoms in total. The number of hydrogen-bond donors (Lipinski definition) is 2. The number of rotatable bonds is 7. The van der Waals surface area contributed by atoms with E-state index in [1.165, 1.54) is 6.07 Å². The van der Waals surface area contributed by atoms with Gasteiger partial charge in [-0.25, -0.2) is 17.9 Å². The van der Waals surface area contributed by atoms with Crippen LogP contribution in [0.3, 0.4) is 0 Å². The number of aromatic nitrogens is 1. The van der Waals surface area contributed by atoms with E-state index in [1.54, 1.807) is 37.4 Å². The topological polar surface area (TPSA) is 96.4 Å². The Hall–Kier alpha value is -2.25. The van der Waals surface area contributed by atoms with Crippen LogP contribution in [0.1, 0.15) is 27.2 Å². The van der Waals surface area contributed by atoms with Gasteiger partial charge in [0.2, 0.25) is 10.0 Å². The lowest BCUT2D eigenvalue weighted by Gasteiger charge is -2.08. The molecule has 7 heteroatoms. The van der Waals surface area contributed by atoms with Gasteiger partial charge in [0.25, 0.3) is 0 Å². The van der Waals surface area contributed by atoms with Gasteiger partial charge >= 0.3 is 5.97 Å². The van der Waals surface area contributed by atoms with Crippen LogP contribution < -0.4 is 4.72 Å². The predicted molar refractivity (Wildman–Crippen MR) is 86.7 cm³/mol. The standard InChI is InChI=1S/C16H18N2O4S/c1-12-10-13(5-6-15(12)16(19)20)11-18-23(21,22)9-7-14-4-2-3-8-17-14/h2-6,8,10,18H,7,9,11H2,1H3,(H,19,20). The molecular formula is C16H18N2O4S. The monoisotopic (exact) mass is 334 g/mol. The van der Waals surface area contributed by atoms with Gasteiger partial charge in [0.1, 0.15) is 0 Å². The summed E-state index contributed by atoms with van der Waals surface area (Å²) in [5.74, 6) is -1.04. The number of nitrogens with zero attached hydrogens (tertiary/aromatic N) is 1. The first-order chi connectivity index (χ1) is 10.9. The highest BCUT2D eigenvalue weighted by Gasteiger charge is 2.12. The smallest absolute Gasteiger partial charge is 0.335 e. The van der Waals surface area contributed by atoms with Gasteiger partial charge in [0.15, 0.2) is 0 Å². The molecule has 1 aromatic carbocycles. The van der Waals surface area contributed by atoms with Gasteiger partial charge in [-0.05, 0) is 36.2 Å². The van der Waals surface area contributed by atoms with Crippen LogP contribution in [0.2, 0.25) is 0 Å². The van der Waals surface area contributed by atoms with Gasteiger partial charge in [-0.2, -0.15) is 0 Å². The van der Waals surface area contributed by atoms with Crippen LogP contribution in [-0.4, -0.2) is 30.2 Å². The molecule has 2 rings (SSSR count). The Kier molecular flexibility index (Phi) is 5.46. The number of pyridine rings is 1. The summed E-state index contributed by atoms with van der Waals surface area (Å²) in [6, 6.07) is 10.1. The number of hydrogen-bond acceptors (Lipinski definition) is 4. The van der Waals surface area contributed by atoms with Crippen molar-refractivity contribution < 1.29 is 18.3 Å². The molecule has 0 saturated heterocycles. The van der Waals surface area contributed by atoms with Crippen molar-refractivity contribution in [2.75, 3.05) is 5.75 Å². The van der Waals surface area contributed by atoms with Crippen LogP contribution in [0, 0.1) is 6.92 Å². The second-order valence-electron chi connectivity index (χ2n) is 5.17. The van der Waals surface area contributed by atoms with Crippen molar-refractivity contribution in [1.82, 2.24) is 9.71 Å². The minimum Gasteiger partial charge on any atom is -0.478 e. The lowest BCUT2D eigenvalue weighted by Crippen LogP contribution is -2.27. The summed E-state index contributed by atoms with van der Waals surface area (Å²) in [7, 11) is -3.42. The van der Waals surface area contributed by atoms with Crippen molar-refractivity contribution in [2.45, 2.75) is 19.9 Å². The van der Waals surface area contributed by atoms with Crippen molar-refractivity contribution in [3.05, 3.63) is 65.0 Å². The number of aryl methyl sites for hydroxylation is 2. The first-order valence-corrected chi connectivity index (χ1v) is 8.73. The zero-order valence-corrected chi connectivity index (χ0v) is 13.5. The summed E-state index contributed by atoms with van der Waals surface area (Å²) in [5.41, 5.74) is 2.25. The van der Waals surface area contributed by atoms with E-state index in [2.05, 4.69) is 9.71 Å². The first-order valence-electron chi connectivity index (χ1n) is 7.07. The third kappa shape index (κ3) is 5.15. The fourth-order valence-electron chi connectivity index (χ4n) is 2.13. The summed E-state index contributed by atoms with van der Waals surface area (Å²) in [6.45, 7) is 1.81. The van der Waals surface area contributed by atoms with Crippen molar-refractivity contribution in [3.8, 4) is 0 Å². The molecule has 0 bridgehead atoms. The van der Waals surface area contributed by atoms with Gasteiger partial charge in [-0.15, -0.1) is 0 Å². The SMILES string of the molecule is Cc1cc(CNS(=O)(=O)CCc2ccccn2)ccc1C(=O)O. The number of benzene rings is 1. The normalized spacial score (nSPS) is 11.3. The molecule has 1 heterocycles. The first kappa shape index (κ1) is 17.1. The van der Waals surface area contributed by atoms with E-state index in [1.807, 2.05) is 6.07 Å². The minimum atomic E-state index is -3.42. The fourth-order valence-corrected chi connectivity index (χ4v) is 3.13. The average Bonchev–Trinajstić information content (AvgIpc) is 2.52. The zero-order valence-electron chi connectivity index (χ0n) is 12.7. The lowest BCUT2D eigenvalue weighted by atomic mass is 10.1. The molecule has 1 aromatic heterocycles. The Morgan fingerprint density at radius 2 is 2.04 bits per heavy atom. The third-order valence-electron chi connectivity index (χ3n) is 3.37. The van der Waals surface area contributed by atoms with Crippen LogP contribution >= 0.6 is 0 Å². The summed E-state index contributed by atoms with van der Waals surface area (Å²) in [6.07, 6.45) is 1.97. The Labute approximate surface area is 135 Å². The van der Waals surface area contributed by atoms with Crippen LogP contribution in [-0.2, 0) is 23.0 Å². The molecule has 2 N–H and O–H groups in total. The maximum atomic E-state index is 12.0. The number of sulfonamides is 1. The van der Waals surface area contributed by atoms with E-state index in [0.29, 0.717) is 17.5 Å². The van der Waals surface area contributed by atoms with Crippen molar-refractivity contribution >= 4 is 16.0 Å². The Morgan fingerprint density at radius 3 is 2.65 bits per heavy atom. The molecule has 0 saturated carbocycles. The fraction of sp³-hybridized carbons (Fsp3) is 0.250. The third-order valence-corrected chi connectivity index (χ3v) is 4.70. The van der Waals surface area contributed by atoms with E-state index < -0.39 is 16.0 Å². The molecule has 0 atom stereocenters. The van der Waals surface area contributed by atoms with E-state index in [0.717, 1.165) is 5.69 Å². The Bertz CT molecular complexity index is 789. The molecule has 0 fully saturated rings. The van der Waals surface area contributed by atoms with Crippen LogP contribution in [0.4, 0.5) is 0 Å². The molecule has 0 aliphatic heterocycles. The zero-order chi connectivity index (χ0) is 16.9. The second kappa shape index (κ2) is 7.34. The number of nitrogens with one attached hydrogen (secondary N) is 1. The van der Waals surface area contributed by atoms with E-state index in [-0.39, 0.29) is 17.9 Å². The quantitative estimate of drug-likeness (QED) is 0.804. The van der Waals surface area contributed by atoms with Gasteiger partial charge in [0, 0.05) is 24.9 Å². The largest absolute Gasteiger partial charge is 0.478 e. The van der Waals surface area contributed by atoms with Gasteiger partial charge in [-0.3, -0.25) is 4.98 Å². The highest BCUT2D eigenvalue weighted by Crippen LogP contribution is 2.11. The number of aromatic carboxylic acids is 1. The molecule has 0 spiro atoms. The van der Waals surface area contributed by atoms with E-state index >= 15 is 0 Å². The predicted octanol–water partition coefficient (Wildman–Crippen LogP) is 1.75. The molecule has 0 aliphatic rings. The Morgan fingerprint density at radius 1 is 1.26 bits per heavy atom. The van der Waals surface area contributed by atoms with Crippen LogP contribution in [0.15, 0.2) is 42.6 Å². The Balaban J connectivity index is 1.94. The van der Waals surface area contributed by atoms with Crippen molar-refractivity contribution in [1.29, 1.82) is 0 Å². The summed E-state index contributed by atoms with van der Waals surface area (Å²) in [4.78, 5) is 15.0. The average molecular weight is 334 g/mol.